The average Bonchev–Trinajstić information content (AvgIpc) is 2.87. The first kappa shape index (κ1) is 13.4. The van der Waals surface area contributed by atoms with E-state index in [-0.39, 0.29) is 5.82 Å². The largest absolute Gasteiger partial charge is 0.489 e. The van der Waals surface area contributed by atoms with Gasteiger partial charge in [0.15, 0.2) is 0 Å². The molecule has 0 saturated heterocycles. The van der Waals surface area contributed by atoms with Crippen LogP contribution in [0.3, 0.4) is 0 Å². The van der Waals surface area contributed by atoms with Gasteiger partial charge in [-0.2, -0.15) is 0 Å². The summed E-state index contributed by atoms with van der Waals surface area (Å²) in [5.74, 6) is 0.829. The Morgan fingerprint density at radius 2 is 2.30 bits per heavy atom. The number of halogens is 1. The number of thiazole rings is 1. The molecule has 0 fully saturated rings. The molecule has 20 heavy (non-hydrogen) atoms. The molecule has 2 heterocycles. The fourth-order valence-corrected chi connectivity index (χ4v) is 3.20. The molecule has 106 valence electrons. The average molecular weight is 292 g/mol. The van der Waals surface area contributed by atoms with Gasteiger partial charge in [0, 0.05) is 23.1 Å². The second-order valence-corrected chi connectivity index (χ2v) is 6.35. The van der Waals surface area contributed by atoms with Gasteiger partial charge in [0.25, 0.3) is 0 Å². The molecule has 1 aromatic heterocycles. The Labute approximate surface area is 122 Å². The van der Waals surface area contributed by atoms with E-state index in [2.05, 4.69) is 23.7 Å². The second kappa shape index (κ2) is 5.40. The molecule has 0 unspecified atom stereocenters. The molecular formula is C15H17FN2OS. The first-order valence-corrected chi connectivity index (χ1v) is 7.57. The third-order valence-electron chi connectivity index (χ3n) is 3.29. The van der Waals surface area contributed by atoms with Crippen molar-refractivity contribution in [3.05, 3.63) is 40.1 Å². The predicted molar refractivity (Wildman–Crippen MR) is 79.1 cm³/mol. The summed E-state index contributed by atoms with van der Waals surface area (Å²) in [5, 5.41) is 1.16. The van der Waals surface area contributed by atoms with E-state index in [1.54, 1.807) is 17.4 Å². The number of rotatable bonds is 3. The number of nitrogens with zero attached hydrogens (tertiary/aromatic N) is 2. The van der Waals surface area contributed by atoms with Crippen molar-refractivity contribution >= 4 is 17.0 Å². The standard InChI is InChI=1S/C15H17FN2OS/c1-10(2)15-17-8-12(20-15)9-18-5-6-19-14-7-11(16)3-4-13(14)18/h3-4,7-8,10H,5-6,9H2,1-2H3. The number of hydrogen-bond acceptors (Lipinski definition) is 4. The van der Waals surface area contributed by atoms with Crippen LogP contribution in [0.1, 0.15) is 29.7 Å². The van der Waals surface area contributed by atoms with Crippen molar-refractivity contribution < 1.29 is 9.13 Å². The third kappa shape index (κ3) is 2.63. The van der Waals surface area contributed by atoms with E-state index >= 15 is 0 Å². The highest BCUT2D eigenvalue weighted by molar-refractivity contribution is 7.11. The lowest BCUT2D eigenvalue weighted by Crippen LogP contribution is -2.31. The summed E-state index contributed by atoms with van der Waals surface area (Å²) in [4.78, 5) is 7.90. The van der Waals surface area contributed by atoms with Crippen LogP contribution in [0.25, 0.3) is 0 Å². The molecule has 0 spiro atoms. The number of benzene rings is 1. The Hall–Kier alpha value is -1.62. The lowest BCUT2D eigenvalue weighted by molar-refractivity contribution is 0.305. The maximum absolute atomic E-state index is 13.2. The van der Waals surface area contributed by atoms with Gasteiger partial charge in [0.05, 0.1) is 23.8 Å². The van der Waals surface area contributed by atoms with Gasteiger partial charge in [-0.15, -0.1) is 11.3 Å². The molecule has 0 amide bonds. The number of fused-ring (bicyclic) bond motifs is 1. The van der Waals surface area contributed by atoms with Crippen LogP contribution in [-0.4, -0.2) is 18.1 Å². The summed E-state index contributed by atoms with van der Waals surface area (Å²) in [7, 11) is 0. The van der Waals surface area contributed by atoms with Crippen molar-refractivity contribution in [2.24, 2.45) is 0 Å². The Morgan fingerprint density at radius 1 is 1.45 bits per heavy atom. The summed E-state index contributed by atoms with van der Waals surface area (Å²) in [6, 6.07) is 4.72. The lowest BCUT2D eigenvalue weighted by atomic mass is 10.2. The second-order valence-electron chi connectivity index (χ2n) is 5.20. The van der Waals surface area contributed by atoms with E-state index in [0.717, 1.165) is 23.8 Å². The summed E-state index contributed by atoms with van der Waals surface area (Å²) in [6.07, 6.45) is 1.94. The van der Waals surface area contributed by atoms with Crippen molar-refractivity contribution in [2.45, 2.75) is 26.3 Å². The number of hydrogen-bond donors (Lipinski definition) is 0. The Morgan fingerprint density at radius 3 is 3.05 bits per heavy atom. The highest BCUT2D eigenvalue weighted by Gasteiger charge is 2.19. The molecule has 2 aromatic rings. The molecular weight excluding hydrogens is 275 g/mol. The quantitative estimate of drug-likeness (QED) is 0.860. The van der Waals surface area contributed by atoms with Crippen molar-refractivity contribution in [1.82, 2.24) is 4.98 Å². The SMILES string of the molecule is CC(C)c1ncc(CN2CCOc3cc(F)ccc32)s1. The number of anilines is 1. The molecule has 0 N–H and O–H groups in total. The summed E-state index contributed by atoms with van der Waals surface area (Å²) >= 11 is 1.74. The van der Waals surface area contributed by atoms with E-state index in [9.17, 15) is 4.39 Å². The van der Waals surface area contributed by atoms with Crippen LogP contribution in [0.15, 0.2) is 24.4 Å². The molecule has 0 atom stereocenters. The lowest BCUT2D eigenvalue weighted by Gasteiger charge is -2.30. The Balaban J connectivity index is 1.82. The van der Waals surface area contributed by atoms with Crippen LogP contribution < -0.4 is 9.64 Å². The molecule has 1 aromatic carbocycles. The van der Waals surface area contributed by atoms with Crippen molar-refractivity contribution in [3.8, 4) is 5.75 Å². The summed E-state index contributed by atoms with van der Waals surface area (Å²) in [5.41, 5.74) is 0.956. The minimum absolute atomic E-state index is 0.259. The molecule has 0 radical (unpaired) electrons. The Bertz CT molecular complexity index is 612. The predicted octanol–water partition coefficient (Wildman–Crippen LogP) is 3.80. The maximum atomic E-state index is 13.2. The number of ether oxygens (including phenoxy) is 1. The molecule has 0 bridgehead atoms. The third-order valence-corrected chi connectivity index (χ3v) is 4.58. The molecule has 1 aliphatic heterocycles. The van der Waals surface area contributed by atoms with Crippen LogP contribution in [0.5, 0.6) is 5.75 Å². The summed E-state index contributed by atoms with van der Waals surface area (Å²) in [6.45, 7) is 6.50. The van der Waals surface area contributed by atoms with Gasteiger partial charge in [-0.25, -0.2) is 9.37 Å². The van der Waals surface area contributed by atoms with Crippen LogP contribution in [-0.2, 0) is 6.54 Å². The van der Waals surface area contributed by atoms with Crippen molar-refractivity contribution in [3.63, 3.8) is 0 Å². The topological polar surface area (TPSA) is 25.4 Å². The normalized spacial score (nSPS) is 14.3. The zero-order chi connectivity index (χ0) is 14.1. The highest BCUT2D eigenvalue weighted by Crippen LogP contribution is 2.34. The van der Waals surface area contributed by atoms with Crippen LogP contribution in [0, 0.1) is 5.82 Å². The molecule has 5 heteroatoms. The van der Waals surface area contributed by atoms with Crippen LogP contribution in [0.2, 0.25) is 0 Å². The van der Waals surface area contributed by atoms with Gasteiger partial charge < -0.3 is 9.64 Å². The van der Waals surface area contributed by atoms with Gasteiger partial charge >= 0.3 is 0 Å². The minimum Gasteiger partial charge on any atom is -0.489 e. The van der Waals surface area contributed by atoms with Crippen LogP contribution >= 0.6 is 11.3 Å². The van der Waals surface area contributed by atoms with Gasteiger partial charge in [-0.3, -0.25) is 0 Å². The molecule has 3 nitrogen and oxygen atoms in total. The highest BCUT2D eigenvalue weighted by atomic mass is 32.1. The molecule has 1 aliphatic rings. The van der Waals surface area contributed by atoms with E-state index in [4.69, 9.17) is 4.74 Å². The van der Waals surface area contributed by atoms with Crippen molar-refractivity contribution in [2.75, 3.05) is 18.1 Å². The molecule has 0 saturated carbocycles. The summed E-state index contributed by atoms with van der Waals surface area (Å²) < 4.78 is 18.8. The zero-order valence-corrected chi connectivity index (χ0v) is 12.4. The van der Waals surface area contributed by atoms with Gasteiger partial charge in [0.1, 0.15) is 18.2 Å². The van der Waals surface area contributed by atoms with Gasteiger partial charge in [0.2, 0.25) is 0 Å². The maximum Gasteiger partial charge on any atom is 0.145 e. The Kier molecular flexibility index (Phi) is 3.61. The minimum atomic E-state index is -0.259. The smallest absolute Gasteiger partial charge is 0.145 e. The zero-order valence-electron chi connectivity index (χ0n) is 11.6. The first-order valence-electron chi connectivity index (χ1n) is 6.75. The van der Waals surface area contributed by atoms with E-state index in [1.807, 2.05) is 6.20 Å². The van der Waals surface area contributed by atoms with Gasteiger partial charge in [-0.05, 0) is 12.1 Å². The first-order chi connectivity index (χ1) is 9.63. The molecule has 3 rings (SSSR count). The monoisotopic (exact) mass is 292 g/mol. The van der Waals surface area contributed by atoms with E-state index in [0.29, 0.717) is 18.3 Å². The van der Waals surface area contributed by atoms with Gasteiger partial charge in [-0.1, -0.05) is 13.8 Å². The number of aromatic nitrogens is 1. The van der Waals surface area contributed by atoms with Crippen molar-refractivity contribution in [1.29, 1.82) is 0 Å². The molecule has 0 aliphatic carbocycles. The van der Waals surface area contributed by atoms with E-state index in [1.165, 1.54) is 17.0 Å². The van der Waals surface area contributed by atoms with E-state index < -0.39 is 0 Å². The fourth-order valence-electron chi connectivity index (χ4n) is 2.27. The van der Waals surface area contributed by atoms with Crippen LogP contribution in [0.4, 0.5) is 10.1 Å². The fraction of sp³-hybridized carbons (Fsp3) is 0.400.